The number of aliphatic hydroxyl groups is 1. The van der Waals surface area contributed by atoms with E-state index in [9.17, 15) is 14.7 Å². The number of halogens is 1. The van der Waals surface area contributed by atoms with Crippen molar-refractivity contribution in [3.05, 3.63) is 69.8 Å². The van der Waals surface area contributed by atoms with Gasteiger partial charge in [-0.2, -0.15) is 0 Å². The molecule has 27 heavy (non-hydrogen) atoms. The largest absolute Gasteiger partial charge is 0.478 e. The smallest absolute Gasteiger partial charge is 0.328 e. The zero-order valence-corrected chi connectivity index (χ0v) is 16.8. The van der Waals surface area contributed by atoms with Crippen LogP contribution in [0.2, 0.25) is 5.02 Å². The fraction of sp³-hybridized carbons (Fsp3) is 0.364. The highest BCUT2D eigenvalue weighted by Gasteiger charge is 2.49. The van der Waals surface area contributed by atoms with Crippen LogP contribution in [0.25, 0.3) is 0 Å². The third-order valence-corrected chi connectivity index (χ3v) is 5.48. The topological polar surface area (TPSA) is 74.6 Å². The van der Waals surface area contributed by atoms with E-state index in [-0.39, 0.29) is 12.2 Å². The van der Waals surface area contributed by atoms with Crippen LogP contribution in [0.5, 0.6) is 0 Å². The molecule has 0 unspecified atom stereocenters. The fourth-order valence-electron chi connectivity index (χ4n) is 3.47. The van der Waals surface area contributed by atoms with Gasteiger partial charge in [0.1, 0.15) is 5.60 Å². The summed E-state index contributed by atoms with van der Waals surface area (Å²) in [6.45, 7) is 7.11. The Kier molecular flexibility index (Phi) is 6.13. The molecule has 0 saturated heterocycles. The van der Waals surface area contributed by atoms with Crippen molar-refractivity contribution in [2.75, 3.05) is 0 Å². The van der Waals surface area contributed by atoms with Crippen molar-refractivity contribution in [3.8, 4) is 0 Å². The van der Waals surface area contributed by atoms with E-state index in [0.29, 0.717) is 28.2 Å². The zero-order chi connectivity index (χ0) is 20.4. The Morgan fingerprint density at radius 1 is 1.26 bits per heavy atom. The van der Waals surface area contributed by atoms with Crippen LogP contribution < -0.4 is 0 Å². The van der Waals surface area contributed by atoms with Gasteiger partial charge in [0, 0.05) is 34.9 Å². The van der Waals surface area contributed by atoms with Gasteiger partial charge in [-0.1, -0.05) is 43.7 Å². The van der Waals surface area contributed by atoms with E-state index >= 15 is 0 Å². The highest BCUT2D eigenvalue weighted by atomic mass is 35.5. The molecule has 0 spiro atoms. The van der Waals surface area contributed by atoms with Gasteiger partial charge in [0.2, 0.25) is 0 Å². The number of rotatable bonds is 5. The van der Waals surface area contributed by atoms with Crippen molar-refractivity contribution in [1.82, 2.24) is 0 Å². The summed E-state index contributed by atoms with van der Waals surface area (Å²) in [5.74, 6) is -1.03. The van der Waals surface area contributed by atoms with Crippen LogP contribution >= 0.6 is 11.6 Å². The lowest BCUT2D eigenvalue weighted by molar-refractivity contribution is -0.131. The van der Waals surface area contributed by atoms with Crippen LogP contribution in [0.3, 0.4) is 0 Å². The number of carbonyl (C=O) groups is 2. The molecule has 0 heterocycles. The molecule has 1 aromatic rings. The van der Waals surface area contributed by atoms with Crippen LogP contribution in [0.4, 0.5) is 0 Å². The Morgan fingerprint density at radius 2 is 1.85 bits per heavy atom. The normalized spacial score (nSPS) is 23.2. The standard InChI is InChI=1S/C22H25ClO4/c1-14(11-20(25)26)9-10-22(27)15(2)18(19(24)13-21(22,3)4)12-16-5-7-17(23)8-6-16/h5-11,27H,12-13H2,1-4H3,(H,25,26)/t22-/m1/s1. The maximum atomic E-state index is 12.8. The van der Waals surface area contributed by atoms with Gasteiger partial charge in [-0.3, -0.25) is 4.79 Å². The van der Waals surface area contributed by atoms with Gasteiger partial charge in [-0.15, -0.1) is 0 Å². The molecule has 0 radical (unpaired) electrons. The van der Waals surface area contributed by atoms with Gasteiger partial charge in [0.15, 0.2) is 5.78 Å². The lowest BCUT2D eigenvalue weighted by atomic mass is 9.62. The van der Waals surface area contributed by atoms with Crippen molar-refractivity contribution in [2.45, 2.75) is 46.1 Å². The molecule has 4 nitrogen and oxygen atoms in total. The maximum Gasteiger partial charge on any atom is 0.328 e. The molecule has 1 atom stereocenters. The zero-order valence-electron chi connectivity index (χ0n) is 16.0. The van der Waals surface area contributed by atoms with Crippen LogP contribution in [0, 0.1) is 5.41 Å². The van der Waals surface area contributed by atoms with Crippen LogP contribution in [0.1, 0.15) is 39.7 Å². The van der Waals surface area contributed by atoms with E-state index in [4.69, 9.17) is 16.7 Å². The van der Waals surface area contributed by atoms with E-state index < -0.39 is 17.0 Å². The summed E-state index contributed by atoms with van der Waals surface area (Å²) < 4.78 is 0. The first-order chi connectivity index (χ1) is 12.5. The number of carboxylic acid groups (broad SMARTS) is 1. The highest BCUT2D eigenvalue weighted by Crippen LogP contribution is 2.47. The quantitative estimate of drug-likeness (QED) is 0.574. The Bertz CT molecular complexity index is 844. The number of carbonyl (C=O) groups excluding carboxylic acids is 1. The van der Waals surface area contributed by atoms with Crippen molar-refractivity contribution in [1.29, 1.82) is 0 Å². The van der Waals surface area contributed by atoms with Gasteiger partial charge in [-0.05, 0) is 48.8 Å². The Labute approximate surface area is 164 Å². The van der Waals surface area contributed by atoms with Gasteiger partial charge >= 0.3 is 5.97 Å². The summed E-state index contributed by atoms with van der Waals surface area (Å²) in [6, 6.07) is 7.28. The lowest BCUT2D eigenvalue weighted by Gasteiger charge is -2.46. The van der Waals surface area contributed by atoms with Gasteiger partial charge in [-0.25, -0.2) is 4.79 Å². The summed E-state index contributed by atoms with van der Waals surface area (Å²) in [6.07, 6.45) is 4.89. The highest BCUT2D eigenvalue weighted by molar-refractivity contribution is 6.30. The number of benzene rings is 1. The SMILES string of the molecule is CC(C=C[C@@]1(O)C(C)=C(Cc2ccc(Cl)cc2)C(=O)CC1(C)C)=CC(=O)O. The van der Waals surface area contributed by atoms with Crippen molar-refractivity contribution in [3.63, 3.8) is 0 Å². The summed E-state index contributed by atoms with van der Waals surface area (Å²) in [5, 5.41) is 21.0. The number of hydrogen-bond acceptors (Lipinski definition) is 3. The monoisotopic (exact) mass is 388 g/mol. The minimum Gasteiger partial charge on any atom is -0.478 e. The lowest BCUT2D eigenvalue weighted by Crippen LogP contribution is -2.49. The number of ketones is 1. The third kappa shape index (κ3) is 4.57. The first-order valence-electron chi connectivity index (χ1n) is 8.77. The Hall–Kier alpha value is -2.17. The van der Waals surface area contributed by atoms with E-state index in [1.54, 1.807) is 38.1 Å². The minimum atomic E-state index is -1.35. The summed E-state index contributed by atoms with van der Waals surface area (Å²) in [5.41, 5.74) is 0.570. The average molecular weight is 389 g/mol. The predicted molar refractivity (Wildman–Crippen MR) is 107 cm³/mol. The van der Waals surface area contributed by atoms with Crippen molar-refractivity contribution >= 4 is 23.4 Å². The van der Waals surface area contributed by atoms with Crippen LogP contribution in [-0.4, -0.2) is 27.6 Å². The summed E-state index contributed by atoms with van der Waals surface area (Å²) in [4.78, 5) is 23.6. The molecule has 5 heteroatoms. The van der Waals surface area contributed by atoms with E-state index in [0.717, 1.165) is 11.6 Å². The first kappa shape index (κ1) is 21.1. The second-order valence-electron chi connectivity index (χ2n) is 7.72. The molecule has 1 aromatic carbocycles. The molecule has 0 aliphatic heterocycles. The third-order valence-electron chi connectivity index (χ3n) is 5.23. The molecule has 2 N–H and O–H groups in total. The molecule has 0 fully saturated rings. The van der Waals surface area contributed by atoms with Gasteiger partial charge in [0.05, 0.1) is 0 Å². The molecule has 1 aliphatic carbocycles. The van der Waals surface area contributed by atoms with Crippen LogP contribution in [0.15, 0.2) is 59.2 Å². The molecule has 0 saturated carbocycles. The minimum absolute atomic E-state index is 0.0170. The first-order valence-corrected chi connectivity index (χ1v) is 9.15. The molecule has 144 valence electrons. The summed E-state index contributed by atoms with van der Waals surface area (Å²) in [7, 11) is 0. The average Bonchev–Trinajstić information content (AvgIpc) is 2.56. The molecule has 0 amide bonds. The number of Topliss-reactive ketones (excluding diaryl/α,β-unsaturated/α-hetero) is 1. The summed E-state index contributed by atoms with van der Waals surface area (Å²) >= 11 is 5.93. The van der Waals surface area contributed by atoms with Gasteiger partial charge in [0.25, 0.3) is 0 Å². The Morgan fingerprint density at radius 3 is 2.41 bits per heavy atom. The van der Waals surface area contributed by atoms with Crippen molar-refractivity contribution < 1.29 is 19.8 Å². The predicted octanol–water partition coefficient (Wildman–Crippen LogP) is 4.52. The van der Waals surface area contributed by atoms with Crippen molar-refractivity contribution in [2.24, 2.45) is 5.41 Å². The van der Waals surface area contributed by atoms with Crippen LogP contribution in [-0.2, 0) is 16.0 Å². The maximum absolute atomic E-state index is 12.8. The number of allylic oxidation sites excluding steroid dienone is 3. The Balaban J connectivity index is 2.48. The second kappa shape index (κ2) is 7.83. The molecular formula is C22H25ClO4. The molecule has 0 bridgehead atoms. The number of hydrogen-bond donors (Lipinski definition) is 2. The number of carboxylic acids is 1. The molecule has 0 aromatic heterocycles. The van der Waals surface area contributed by atoms with E-state index in [1.165, 1.54) is 0 Å². The van der Waals surface area contributed by atoms with E-state index in [1.807, 2.05) is 26.0 Å². The van der Waals surface area contributed by atoms with E-state index in [2.05, 4.69) is 0 Å². The molecular weight excluding hydrogens is 364 g/mol. The number of aliphatic carboxylic acids is 1. The second-order valence-corrected chi connectivity index (χ2v) is 8.15. The molecule has 2 rings (SSSR count). The molecule has 1 aliphatic rings. The van der Waals surface area contributed by atoms with Gasteiger partial charge < -0.3 is 10.2 Å². The fourth-order valence-corrected chi connectivity index (χ4v) is 3.60.